The predicted molar refractivity (Wildman–Crippen MR) is 193 cm³/mol. The number of allylic oxidation sites excluding steroid dienone is 1. The molecule has 0 spiro atoms. The first-order chi connectivity index (χ1) is 24.0. The van der Waals surface area contributed by atoms with Gasteiger partial charge in [-0.1, -0.05) is 47.5 Å². The van der Waals surface area contributed by atoms with E-state index in [2.05, 4.69) is 39.0 Å². The fourth-order valence-electron chi connectivity index (χ4n) is 7.56. The first-order valence-corrected chi connectivity index (χ1v) is 20.9. The van der Waals surface area contributed by atoms with Crippen molar-refractivity contribution in [2.45, 2.75) is 97.3 Å². The van der Waals surface area contributed by atoms with E-state index in [1.165, 1.54) is 13.2 Å². The van der Waals surface area contributed by atoms with Gasteiger partial charge in [-0.25, -0.2) is 4.79 Å². The lowest BCUT2D eigenvalue weighted by molar-refractivity contribution is -0.0125. The lowest BCUT2D eigenvalue weighted by Gasteiger charge is -2.53. The minimum absolute atomic E-state index is 0.0428. The van der Waals surface area contributed by atoms with Crippen LogP contribution in [0.3, 0.4) is 0 Å². The van der Waals surface area contributed by atoms with Gasteiger partial charge in [-0.3, -0.25) is 14.5 Å². The first kappa shape index (κ1) is 38.5. The number of aromatic nitrogens is 1. The average molecular weight is 727 g/mol. The molecule has 3 aliphatic rings. The number of aliphatic hydroxyl groups excluding tert-OH is 1. The molecule has 0 saturated carbocycles. The van der Waals surface area contributed by atoms with Gasteiger partial charge < -0.3 is 33.4 Å². The summed E-state index contributed by atoms with van der Waals surface area (Å²) in [7, 11) is 2.68. The van der Waals surface area contributed by atoms with E-state index in [0.29, 0.717) is 30.8 Å². The monoisotopic (exact) mass is 726 g/mol. The van der Waals surface area contributed by atoms with Crippen molar-refractivity contribution in [3.05, 3.63) is 45.4 Å². The Kier molecular flexibility index (Phi) is 10.9. The zero-order chi connectivity index (χ0) is 37.6. The van der Waals surface area contributed by atoms with E-state index in [0.717, 1.165) is 19.3 Å². The molecule has 1 aromatic carbocycles. The van der Waals surface area contributed by atoms with Crippen LogP contribution in [-0.4, -0.2) is 87.1 Å². The standard InChI is InChI=1S/C38H54N2O10Si/c1-11-13-15-47-31-23(36(44)45)19-25(46-8)22-17-21-18-24-29(40(6)7)32-28(35(39-50-32)48-16-14-12-2)34(43)38(24,20-49-51(9,10)37(3,4)5)33(42)26(21)30(41)27(22)31/h19,21,24,29,42H,11-18,20H2,1-10H3,(H,44,45)/t21-,24-,29-,38+/m0/s1. The van der Waals surface area contributed by atoms with Crippen molar-refractivity contribution in [3.8, 4) is 17.4 Å². The van der Waals surface area contributed by atoms with Crippen LogP contribution in [0, 0.1) is 17.3 Å². The number of hydrogen-bond donors (Lipinski definition) is 2. The van der Waals surface area contributed by atoms with E-state index in [-0.39, 0.29) is 70.1 Å². The van der Waals surface area contributed by atoms with Crippen LogP contribution in [0.1, 0.15) is 115 Å². The molecule has 2 aromatic rings. The number of aromatic carboxylic acids is 1. The molecule has 0 aliphatic heterocycles. The molecule has 13 heteroatoms. The summed E-state index contributed by atoms with van der Waals surface area (Å²) in [4.78, 5) is 44.7. The predicted octanol–water partition coefficient (Wildman–Crippen LogP) is 7.43. The second kappa shape index (κ2) is 14.4. The molecule has 0 saturated heterocycles. The molecule has 0 unspecified atom stereocenters. The van der Waals surface area contributed by atoms with Gasteiger partial charge in [0.15, 0.2) is 25.6 Å². The van der Waals surface area contributed by atoms with Crippen molar-refractivity contribution in [1.82, 2.24) is 10.1 Å². The number of carbonyl (C=O) groups excluding carboxylic acids is 2. The van der Waals surface area contributed by atoms with Crippen LogP contribution in [0.15, 0.2) is 21.9 Å². The van der Waals surface area contributed by atoms with Gasteiger partial charge in [0.05, 0.1) is 38.5 Å². The lowest BCUT2D eigenvalue weighted by Crippen LogP contribution is -2.58. The first-order valence-electron chi connectivity index (χ1n) is 18.0. The highest BCUT2D eigenvalue weighted by Gasteiger charge is 2.65. The van der Waals surface area contributed by atoms with E-state index < -0.39 is 49.1 Å². The van der Waals surface area contributed by atoms with Crippen LogP contribution < -0.4 is 14.2 Å². The molecule has 0 fully saturated rings. The number of carboxylic acids is 1. The van der Waals surface area contributed by atoms with Gasteiger partial charge in [0.1, 0.15) is 33.8 Å². The van der Waals surface area contributed by atoms with Crippen molar-refractivity contribution in [2.24, 2.45) is 17.3 Å². The maximum Gasteiger partial charge on any atom is 0.339 e. The van der Waals surface area contributed by atoms with Crippen LogP contribution in [0.4, 0.5) is 0 Å². The Balaban J connectivity index is 1.79. The topological polar surface area (TPSA) is 158 Å². The SMILES string of the molecule is CCCCOc1noc2c1C(=O)[C@@]1(CO[Si](C)(C)C(C)(C)C)C(O)=C3C(=O)c4c(c(OC)cc(C(=O)O)c4OCCCC)C[C@H]3C[C@H]1[C@@H]2N(C)C. The Morgan fingerprint density at radius 3 is 2.31 bits per heavy atom. The van der Waals surface area contributed by atoms with Gasteiger partial charge in [0.25, 0.3) is 5.88 Å². The number of aliphatic hydroxyl groups is 1. The number of ether oxygens (including phenoxy) is 3. The normalized spacial score (nSPS) is 23.1. The van der Waals surface area contributed by atoms with Gasteiger partial charge in [-0.15, -0.1) is 0 Å². The van der Waals surface area contributed by atoms with Crippen LogP contribution in [-0.2, 0) is 10.8 Å². The average Bonchev–Trinajstić information content (AvgIpc) is 3.47. The summed E-state index contributed by atoms with van der Waals surface area (Å²) in [6, 6.07) is 0.874. The number of carbonyl (C=O) groups is 3. The van der Waals surface area contributed by atoms with Crippen LogP contribution >= 0.6 is 0 Å². The van der Waals surface area contributed by atoms with E-state index in [1.54, 1.807) is 0 Å². The Morgan fingerprint density at radius 1 is 1.10 bits per heavy atom. The van der Waals surface area contributed by atoms with Crippen LogP contribution in [0.2, 0.25) is 18.1 Å². The second-order valence-corrected chi connectivity index (χ2v) is 20.6. The molecular formula is C38H54N2O10Si. The third-order valence-electron chi connectivity index (χ3n) is 11.4. The summed E-state index contributed by atoms with van der Waals surface area (Å²) in [5.41, 5.74) is -1.12. The highest BCUT2D eigenvalue weighted by Crippen LogP contribution is 2.61. The largest absolute Gasteiger partial charge is 0.511 e. The summed E-state index contributed by atoms with van der Waals surface area (Å²) in [6.07, 6.45) is 3.63. The second-order valence-electron chi connectivity index (χ2n) is 15.8. The van der Waals surface area contributed by atoms with Crippen LogP contribution in [0.25, 0.3) is 0 Å². The van der Waals surface area contributed by atoms with Crippen molar-refractivity contribution in [1.29, 1.82) is 0 Å². The summed E-state index contributed by atoms with van der Waals surface area (Å²) in [6.45, 7) is 14.8. The van der Waals surface area contributed by atoms with E-state index >= 15 is 4.79 Å². The number of nitrogens with zero attached hydrogens (tertiary/aromatic N) is 2. The van der Waals surface area contributed by atoms with Gasteiger partial charge in [0, 0.05) is 17.1 Å². The summed E-state index contributed by atoms with van der Waals surface area (Å²) >= 11 is 0. The summed E-state index contributed by atoms with van der Waals surface area (Å²) in [5, 5.41) is 27.0. The fourth-order valence-corrected chi connectivity index (χ4v) is 8.58. The van der Waals surface area contributed by atoms with Crippen molar-refractivity contribution in [2.75, 3.05) is 41.0 Å². The number of Topliss-reactive ketones (excluding diaryl/α,β-unsaturated/α-hetero) is 2. The Bertz CT molecular complexity index is 1720. The zero-order valence-corrected chi connectivity index (χ0v) is 32.7. The van der Waals surface area contributed by atoms with Gasteiger partial charge in [-0.05, 0) is 75.1 Å². The molecule has 2 N–H and O–H groups in total. The van der Waals surface area contributed by atoms with Crippen molar-refractivity contribution >= 4 is 25.9 Å². The molecule has 3 aliphatic carbocycles. The highest BCUT2D eigenvalue weighted by atomic mass is 28.4. The van der Waals surface area contributed by atoms with E-state index in [9.17, 15) is 19.8 Å². The quantitative estimate of drug-likeness (QED) is 0.147. The van der Waals surface area contributed by atoms with Crippen molar-refractivity contribution in [3.63, 3.8) is 0 Å². The van der Waals surface area contributed by atoms with Crippen LogP contribution in [0.5, 0.6) is 17.4 Å². The van der Waals surface area contributed by atoms with E-state index in [4.69, 9.17) is 23.2 Å². The molecule has 0 bridgehead atoms. The molecule has 0 radical (unpaired) electrons. The third kappa shape index (κ3) is 6.39. The molecule has 51 heavy (non-hydrogen) atoms. The smallest absolute Gasteiger partial charge is 0.339 e. The Hall–Kier alpha value is -3.68. The number of carboxylic acid groups (broad SMARTS) is 1. The lowest BCUT2D eigenvalue weighted by atomic mass is 9.53. The number of ketones is 2. The minimum atomic E-state index is -2.53. The molecule has 1 aromatic heterocycles. The van der Waals surface area contributed by atoms with Gasteiger partial charge >= 0.3 is 5.97 Å². The number of methoxy groups -OCH3 is 1. The summed E-state index contributed by atoms with van der Waals surface area (Å²) in [5.74, 6) is -3.17. The molecule has 1 heterocycles. The Morgan fingerprint density at radius 2 is 1.75 bits per heavy atom. The molecule has 280 valence electrons. The Labute approximate surface area is 301 Å². The fraction of sp³-hybridized carbons (Fsp3) is 0.632. The maximum absolute atomic E-state index is 15.3. The maximum atomic E-state index is 15.3. The number of unbranched alkanes of at least 4 members (excludes halogenated alkanes) is 2. The number of hydrogen-bond acceptors (Lipinski definition) is 11. The molecule has 12 nitrogen and oxygen atoms in total. The minimum Gasteiger partial charge on any atom is -0.511 e. The zero-order valence-electron chi connectivity index (χ0n) is 31.7. The molecular weight excluding hydrogens is 673 g/mol. The van der Waals surface area contributed by atoms with E-state index in [1.807, 2.05) is 32.8 Å². The highest BCUT2D eigenvalue weighted by molar-refractivity contribution is 6.74. The van der Waals surface area contributed by atoms with Crippen molar-refractivity contribution < 1.29 is 47.8 Å². The third-order valence-corrected chi connectivity index (χ3v) is 15.9. The molecule has 4 atom stereocenters. The van der Waals surface area contributed by atoms with Gasteiger partial charge in [-0.2, -0.15) is 0 Å². The number of benzene rings is 1. The molecule has 5 rings (SSSR count). The summed E-state index contributed by atoms with van der Waals surface area (Å²) < 4.78 is 30.5. The van der Waals surface area contributed by atoms with Gasteiger partial charge in [0.2, 0.25) is 0 Å². The number of rotatable bonds is 14. The molecule has 0 amide bonds. The number of fused-ring (bicyclic) bond motifs is 4.